The van der Waals surface area contributed by atoms with Crippen molar-refractivity contribution in [2.45, 2.75) is 4.90 Å². The number of sulfonamides is 1. The van der Waals surface area contributed by atoms with Crippen molar-refractivity contribution in [2.24, 2.45) is 17.9 Å². The Balaban J connectivity index is 2.45. The minimum Gasteiger partial charge on any atom is -0.409 e. The first-order chi connectivity index (χ1) is 9.85. The Bertz CT molecular complexity index is 801. The lowest BCUT2D eigenvalue weighted by atomic mass is 10.3. The molecule has 9 nitrogen and oxygen atoms in total. The zero-order chi connectivity index (χ0) is 15.6. The lowest BCUT2D eigenvalue weighted by Crippen LogP contribution is -2.20. The topological polar surface area (TPSA) is 135 Å². The highest BCUT2D eigenvalue weighted by Gasteiger charge is 2.21. The van der Waals surface area contributed by atoms with E-state index in [-0.39, 0.29) is 22.1 Å². The summed E-state index contributed by atoms with van der Waals surface area (Å²) < 4.78 is 28.7. The molecule has 112 valence electrons. The summed E-state index contributed by atoms with van der Waals surface area (Å²) in [5, 5.41) is 15.4. The molecule has 0 saturated carbocycles. The molecule has 0 aliphatic rings. The van der Waals surface area contributed by atoms with Gasteiger partial charge in [0.2, 0.25) is 0 Å². The number of anilines is 1. The Kier molecular flexibility index (Phi) is 4.14. The molecule has 0 aliphatic heterocycles. The number of aryl methyl sites for hydroxylation is 1. The van der Waals surface area contributed by atoms with Gasteiger partial charge in [-0.3, -0.25) is 14.4 Å². The average Bonchev–Trinajstić information content (AvgIpc) is 2.79. The van der Waals surface area contributed by atoms with Crippen molar-refractivity contribution in [2.75, 3.05) is 4.72 Å². The van der Waals surface area contributed by atoms with Crippen LogP contribution in [0.5, 0.6) is 0 Å². The van der Waals surface area contributed by atoms with Crippen LogP contribution in [0.2, 0.25) is 0 Å². The fraction of sp³-hybridized carbons (Fsp3) is 0.100. The van der Waals surface area contributed by atoms with Crippen molar-refractivity contribution in [1.29, 1.82) is 0 Å². The van der Waals surface area contributed by atoms with Gasteiger partial charge >= 0.3 is 0 Å². The van der Waals surface area contributed by atoms with Gasteiger partial charge < -0.3 is 10.9 Å². The number of halogens is 1. The molecule has 21 heavy (non-hydrogen) atoms. The molecule has 0 atom stereocenters. The molecular weight excluding hydrogens is 364 g/mol. The van der Waals surface area contributed by atoms with Gasteiger partial charge in [-0.05, 0) is 22.0 Å². The number of oxime groups is 1. The quantitative estimate of drug-likeness (QED) is 0.308. The van der Waals surface area contributed by atoms with Crippen LogP contribution < -0.4 is 10.5 Å². The van der Waals surface area contributed by atoms with Crippen molar-refractivity contribution in [3.8, 4) is 0 Å². The molecule has 0 radical (unpaired) electrons. The molecule has 0 spiro atoms. The zero-order valence-corrected chi connectivity index (χ0v) is 13.1. The Labute approximate surface area is 128 Å². The van der Waals surface area contributed by atoms with E-state index in [1.807, 2.05) is 0 Å². The van der Waals surface area contributed by atoms with Gasteiger partial charge in [-0.15, -0.1) is 0 Å². The number of nitrogens with one attached hydrogen (secondary N) is 1. The van der Waals surface area contributed by atoms with Crippen LogP contribution >= 0.6 is 15.9 Å². The molecular formula is C10H11BrN6O3S. The third-order valence-electron chi connectivity index (χ3n) is 2.54. The fourth-order valence-electron chi connectivity index (χ4n) is 1.53. The van der Waals surface area contributed by atoms with E-state index in [1.54, 1.807) is 0 Å². The van der Waals surface area contributed by atoms with Crippen LogP contribution in [0.25, 0.3) is 0 Å². The number of hydrogen-bond acceptors (Lipinski definition) is 6. The second-order valence-electron chi connectivity index (χ2n) is 3.96. The molecule has 2 rings (SSSR count). The monoisotopic (exact) mass is 374 g/mol. The van der Waals surface area contributed by atoms with Gasteiger partial charge in [-0.25, -0.2) is 8.42 Å². The van der Waals surface area contributed by atoms with Crippen molar-refractivity contribution in [3.63, 3.8) is 0 Å². The van der Waals surface area contributed by atoms with E-state index in [2.05, 4.69) is 35.9 Å². The maximum Gasteiger partial charge on any atom is 0.264 e. The fourth-order valence-corrected chi connectivity index (χ4v) is 3.14. The van der Waals surface area contributed by atoms with Crippen LogP contribution in [0.1, 0.15) is 5.56 Å². The zero-order valence-electron chi connectivity index (χ0n) is 10.7. The number of pyridine rings is 1. The van der Waals surface area contributed by atoms with Crippen molar-refractivity contribution in [3.05, 3.63) is 34.7 Å². The Hall–Kier alpha value is -2.14. The molecule has 0 saturated heterocycles. The number of hydrogen-bond donors (Lipinski definition) is 3. The molecule has 2 aromatic heterocycles. The summed E-state index contributed by atoms with van der Waals surface area (Å²) in [5.74, 6) is -0.182. The Morgan fingerprint density at radius 1 is 1.48 bits per heavy atom. The Morgan fingerprint density at radius 3 is 2.81 bits per heavy atom. The summed E-state index contributed by atoms with van der Waals surface area (Å²) in [6.45, 7) is 0. The second kappa shape index (κ2) is 5.69. The van der Waals surface area contributed by atoms with Crippen molar-refractivity contribution < 1.29 is 13.6 Å². The predicted octanol–water partition coefficient (Wildman–Crippen LogP) is 0.473. The number of nitrogens with zero attached hydrogens (tertiary/aromatic N) is 4. The minimum atomic E-state index is -3.89. The summed E-state index contributed by atoms with van der Waals surface area (Å²) in [6, 6.07) is 1.40. The van der Waals surface area contributed by atoms with Crippen LogP contribution in [0.3, 0.4) is 0 Å². The summed E-state index contributed by atoms with van der Waals surface area (Å²) in [5.41, 5.74) is 5.64. The molecule has 2 aromatic rings. The lowest BCUT2D eigenvalue weighted by Gasteiger charge is -2.10. The number of nitrogens with two attached hydrogens (primary N) is 1. The summed E-state index contributed by atoms with van der Waals surface area (Å²) in [7, 11) is -2.37. The maximum atomic E-state index is 12.3. The first-order valence-corrected chi connectivity index (χ1v) is 7.76. The van der Waals surface area contributed by atoms with Crippen LogP contribution in [0, 0.1) is 0 Å². The van der Waals surface area contributed by atoms with E-state index in [0.717, 1.165) is 0 Å². The van der Waals surface area contributed by atoms with E-state index in [0.29, 0.717) is 4.47 Å². The molecule has 0 fully saturated rings. The van der Waals surface area contributed by atoms with Gasteiger partial charge in [-0.2, -0.15) is 5.10 Å². The largest absolute Gasteiger partial charge is 0.409 e. The smallest absolute Gasteiger partial charge is 0.264 e. The van der Waals surface area contributed by atoms with E-state index in [4.69, 9.17) is 10.9 Å². The summed E-state index contributed by atoms with van der Waals surface area (Å²) in [6.07, 6.45) is 3.95. The normalized spacial score (nSPS) is 12.4. The van der Waals surface area contributed by atoms with Gasteiger partial charge in [0.05, 0.1) is 11.8 Å². The van der Waals surface area contributed by atoms with Crippen LogP contribution in [0.4, 0.5) is 5.82 Å². The molecule has 2 heterocycles. The third-order valence-corrected chi connectivity index (χ3v) is 4.28. The van der Waals surface area contributed by atoms with Crippen molar-refractivity contribution in [1.82, 2.24) is 14.8 Å². The highest BCUT2D eigenvalue weighted by Crippen LogP contribution is 2.20. The SMILES string of the molecule is Cn1ncc(C(N)=NO)c1NS(=O)(=O)c1cncc(Br)c1. The lowest BCUT2D eigenvalue weighted by molar-refractivity contribution is 0.318. The summed E-state index contributed by atoms with van der Waals surface area (Å²) >= 11 is 3.15. The van der Waals surface area contributed by atoms with Gasteiger partial charge in [0, 0.05) is 23.9 Å². The highest BCUT2D eigenvalue weighted by molar-refractivity contribution is 9.10. The molecule has 0 bridgehead atoms. The number of rotatable bonds is 4. The van der Waals surface area contributed by atoms with Gasteiger partial charge in [0.15, 0.2) is 5.84 Å². The van der Waals surface area contributed by atoms with Crippen LogP contribution in [-0.2, 0) is 17.1 Å². The first-order valence-electron chi connectivity index (χ1n) is 5.48. The van der Waals surface area contributed by atoms with Crippen LogP contribution in [-0.4, -0.2) is 34.2 Å². The van der Waals surface area contributed by atoms with Gasteiger partial charge in [-0.1, -0.05) is 5.16 Å². The van der Waals surface area contributed by atoms with E-state index < -0.39 is 10.0 Å². The van der Waals surface area contributed by atoms with Gasteiger partial charge in [0.25, 0.3) is 10.0 Å². The number of amidine groups is 1. The van der Waals surface area contributed by atoms with Crippen molar-refractivity contribution >= 4 is 37.6 Å². The van der Waals surface area contributed by atoms with Crippen LogP contribution in [0.15, 0.2) is 39.2 Å². The molecule has 0 unspecified atom stereocenters. The average molecular weight is 375 g/mol. The molecule has 0 aliphatic carbocycles. The third kappa shape index (κ3) is 3.13. The minimum absolute atomic E-state index is 0.0384. The molecule has 4 N–H and O–H groups in total. The van der Waals surface area contributed by atoms with Gasteiger partial charge in [0.1, 0.15) is 10.7 Å². The molecule has 0 amide bonds. The number of aromatic nitrogens is 3. The molecule has 0 aromatic carbocycles. The summed E-state index contributed by atoms with van der Waals surface area (Å²) in [4.78, 5) is 3.76. The standard InChI is InChI=1S/C10H11BrN6O3S/c1-17-10(8(5-14-17)9(12)15-18)16-21(19,20)7-2-6(11)3-13-4-7/h2-5,16,18H,1H3,(H2,12,15). The molecule has 11 heteroatoms. The van der Waals surface area contributed by atoms with E-state index >= 15 is 0 Å². The highest BCUT2D eigenvalue weighted by atomic mass is 79.9. The van der Waals surface area contributed by atoms with E-state index in [1.165, 1.54) is 36.4 Å². The Morgan fingerprint density at radius 2 is 2.19 bits per heavy atom. The first kappa shape index (κ1) is 15.3. The predicted molar refractivity (Wildman–Crippen MR) is 78.5 cm³/mol. The second-order valence-corrected chi connectivity index (χ2v) is 6.56. The maximum absolute atomic E-state index is 12.3. The van der Waals surface area contributed by atoms with E-state index in [9.17, 15) is 8.42 Å².